The van der Waals surface area contributed by atoms with Gasteiger partial charge in [-0.25, -0.2) is 4.98 Å². The third-order valence-corrected chi connectivity index (χ3v) is 3.38. The Morgan fingerprint density at radius 1 is 1.33 bits per heavy atom. The molecule has 0 atom stereocenters. The fourth-order valence-corrected chi connectivity index (χ4v) is 2.22. The number of rotatable bonds is 4. The van der Waals surface area contributed by atoms with Gasteiger partial charge < -0.3 is 10.2 Å². The monoisotopic (exact) mass is 248 g/mol. The highest BCUT2D eigenvalue weighted by Gasteiger charge is 2.29. The molecule has 0 aromatic carbocycles. The maximum atomic E-state index is 4.53. The summed E-state index contributed by atoms with van der Waals surface area (Å²) >= 11 is 0. The van der Waals surface area contributed by atoms with Crippen molar-refractivity contribution in [1.29, 1.82) is 0 Å². The molecule has 4 nitrogen and oxygen atoms in total. The first-order chi connectivity index (χ1) is 8.46. The molecule has 1 N–H and O–H groups in total. The van der Waals surface area contributed by atoms with Gasteiger partial charge in [-0.3, -0.25) is 4.98 Å². The molecule has 0 unspecified atom stereocenters. The first kappa shape index (κ1) is 13.3. The van der Waals surface area contributed by atoms with Crippen LogP contribution >= 0.6 is 0 Å². The van der Waals surface area contributed by atoms with Gasteiger partial charge in [-0.05, 0) is 11.8 Å². The van der Waals surface area contributed by atoms with Gasteiger partial charge in [0.05, 0.1) is 18.1 Å². The predicted octanol–water partition coefficient (Wildman–Crippen LogP) is 2.21. The highest BCUT2D eigenvalue weighted by atomic mass is 15.2. The van der Waals surface area contributed by atoms with E-state index < -0.39 is 0 Å². The SMILES string of the molecule is CC(C)NCc1cnc(N2CCC(C)(C)C2)cn1. The smallest absolute Gasteiger partial charge is 0.147 e. The molecule has 0 aliphatic carbocycles. The molecule has 0 radical (unpaired) electrons. The molecular formula is C14H24N4. The Labute approximate surface area is 110 Å². The highest BCUT2D eigenvalue weighted by Crippen LogP contribution is 2.31. The Morgan fingerprint density at radius 2 is 2.11 bits per heavy atom. The zero-order valence-corrected chi connectivity index (χ0v) is 11.9. The van der Waals surface area contributed by atoms with Crippen molar-refractivity contribution in [3.05, 3.63) is 18.1 Å². The van der Waals surface area contributed by atoms with Crippen molar-refractivity contribution < 1.29 is 0 Å². The maximum absolute atomic E-state index is 4.53. The van der Waals surface area contributed by atoms with Gasteiger partial charge in [-0.2, -0.15) is 0 Å². The molecule has 2 heterocycles. The van der Waals surface area contributed by atoms with Crippen molar-refractivity contribution in [3.8, 4) is 0 Å². The van der Waals surface area contributed by atoms with E-state index in [0.717, 1.165) is 31.1 Å². The molecule has 1 fully saturated rings. The first-order valence-corrected chi connectivity index (χ1v) is 6.75. The Hall–Kier alpha value is -1.16. The molecule has 0 saturated carbocycles. The Balaban J connectivity index is 1.96. The van der Waals surface area contributed by atoms with Crippen LogP contribution in [-0.4, -0.2) is 29.1 Å². The molecule has 1 aromatic heterocycles. The molecule has 2 rings (SSSR count). The quantitative estimate of drug-likeness (QED) is 0.887. The molecule has 1 aromatic rings. The second-order valence-electron chi connectivity index (χ2n) is 6.24. The largest absolute Gasteiger partial charge is 0.355 e. The van der Waals surface area contributed by atoms with Crippen molar-refractivity contribution in [2.45, 2.75) is 46.7 Å². The predicted molar refractivity (Wildman–Crippen MR) is 74.6 cm³/mol. The van der Waals surface area contributed by atoms with Gasteiger partial charge in [0.1, 0.15) is 5.82 Å². The summed E-state index contributed by atoms with van der Waals surface area (Å²) in [5, 5.41) is 3.35. The zero-order chi connectivity index (χ0) is 13.2. The molecule has 0 spiro atoms. The van der Waals surface area contributed by atoms with Gasteiger partial charge in [0.2, 0.25) is 0 Å². The molecular weight excluding hydrogens is 224 g/mol. The van der Waals surface area contributed by atoms with Crippen molar-refractivity contribution in [2.75, 3.05) is 18.0 Å². The molecule has 4 heteroatoms. The minimum absolute atomic E-state index is 0.402. The van der Waals surface area contributed by atoms with E-state index in [4.69, 9.17) is 0 Å². The maximum Gasteiger partial charge on any atom is 0.147 e. The summed E-state index contributed by atoms with van der Waals surface area (Å²) in [7, 11) is 0. The van der Waals surface area contributed by atoms with E-state index in [0.29, 0.717) is 11.5 Å². The van der Waals surface area contributed by atoms with E-state index in [2.05, 4.69) is 47.9 Å². The molecule has 18 heavy (non-hydrogen) atoms. The fourth-order valence-electron chi connectivity index (χ4n) is 2.22. The Bertz CT molecular complexity index is 383. The average Bonchev–Trinajstić information content (AvgIpc) is 2.68. The molecule has 0 amide bonds. The number of hydrogen-bond donors (Lipinski definition) is 1. The number of anilines is 1. The van der Waals surface area contributed by atoms with E-state index in [-0.39, 0.29) is 0 Å². The van der Waals surface area contributed by atoms with E-state index in [1.54, 1.807) is 0 Å². The van der Waals surface area contributed by atoms with Gasteiger partial charge in [-0.1, -0.05) is 27.7 Å². The summed E-state index contributed by atoms with van der Waals surface area (Å²) in [5.41, 5.74) is 1.41. The van der Waals surface area contributed by atoms with Gasteiger partial charge in [0.15, 0.2) is 0 Å². The van der Waals surface area contributed by atoms with Crippen molar-refractivity contribution in [3.63, 3.8) is 0 Å². The van der Waals surface area contributed by atoms with Crippen LogP contribution in [0.25, 0.3) is 0 Å². The lowest BCUT2D eigenvalue weighted by Gasteiger charge is -2.20. The third kappa shape index (κ3) is 3.42. The summed E-state index contributed by atoms with van der Waals surface area (Å²) in [6, 6.07) is 0.478. The van der Waals surface area contributed by atoms with E-state index in [1.165, 1.54) is 6.42 Å². The average molecular weight is 248 g/mol. The van der Waals surface area contributed by atoms with Crippen LogP contribution in [0.2, 0.25) is 0 Å². The molecule has 1 aliphatic heterocycles. The second-order valence-corrected chi connectivity index (χ2v) is 6.24. The lowest BCUT2D eigenvalue weighted by molar-refractivity contribution is 0.418. The second kappa shape index (κ2) is 5.22. The fraction of sp³-hybridized carbons (Fsp3) is 0.714. The summed E-state index contributed by atoms with van der Waals surface area (Å²) < 4.78 is 0. The normalized spacial score (nSPS) is 18.6. The van der Waals surface area contributed by atoms with Crippen LogP contribution in [0.4, 0.5) is 5.82 Å². The zero-order valence-electron chi connectivity index (χ0n) is 11.9. The van der Waals surface area contributed by atoms with Crippen LogP contribution in [0.3, 0.4) is 0 Å². The van der Waals surface area contributed by atoms with Gasteiger partial charge in [0, 0.05) is 25.7 Å². The van der Waals surface area contributed by atoms with E-state index in [9.17, 15) is 0 Å². The van der Waals surface area contributed by atoms with Gasteiger partial charge >= 0.3 is 0 Å². The number of aromatic nitrogens is 2. The minimum atomic E-state index is 0.402. The summed E-state index contributed by atoms with van der Waals surface area (Å²) in [6.07, 6.45) is 5.01. The summed E-state index contributed by atoms with van der Waals surface area (Å²) in [6.45, 7) is 11.8. The van der Waals surface area contributed by atoms with Gasteiger partial charge in [0.25, 0.3) is 0 Å². The molecule has 1 aliphatic rings. The van der Waals surface area contributed by atoms with Crippen LogP contribution in [0.15, 0.2) is 12.4 Å². The molecule has 1 saturated heterocycles. The van der Waals surface area contributed by atoms with E-state index in [1.807, 2.05) is 12.4 Å². The summed E-state index contributed by atoms with van der Waals surface area (Å²) in [4.78, 5) is 11.3. The van der Waals surface area contributed by atoms with Crippen LogP contribution < -0.4 is 10.2 Å². The molecule has 0 bridgehead atoms. The van der Waals surface area contributed by atoms with Crippen LogP contribution in [-0.2, 0) is 6.54 Å². The standard InChI is InChI=1S/C14H24N4/c1-11(2)15-7-12-8-17-13(9-16-12)18-6-5-14(3,4)10-18/h8-9,11,15H,5-7,10H2,1-4H3. The number of hydrogen-bond acceptors (Lipinski definition) is 4. The third-order valence-electron chi connectivity index (χ3n) is 3.38. The first-order valence-electron chi connectivity index (χ1n) is 6.75. The lowest BCUT2D eigenvalue weighted by atomic mass is 9.93. The van der Waals surface area contributed by atoms with Crippen molar-refractivity contribution in [2.24, 2.45) is 5.41 Å². The van der Waals surface area contributed by atoms with E-state index >= 15 is 0 Å². The Kier molecular flexibility index (Phi) is 3.85. The minimum Gasteiger partial charge on any atom is -0.355 e. The topological polar surface area (TPSA) is 41.1 Å². The van der Waals surface area contributed by atoms with Crippen LogP contribution in [0.1, 0.15) is 39.8 Å². The Morgan fingerprint density at radius 3 is 2.61 bits per heavy atom. The lowest BCUT2D eigenvalue weighted by Crippen LogP contribution is -2.25. The summed E-state index contributed by atoms with van der Waals surface area (Å²) in [5.74, 6) is 1.01. The van der Waals surface area contributed by atoms with Crippen molar-refractivity contribution in [1.82, 2.24) is 15.3 Å². The highest BCUT2D eigenvalue weighted by molar-refractivity contribution is 5.37. The van der Waals surface area contributed by atoms with Gasteiger partial charge in [-0.15, -0.1) is 0 Å². The van der Waals surface area contributed by atoms with Crippen molar-refractivity contribution >= 4 is 5.82 Å². The number of nitrogens with zero attached hydrogens (tertiary/aromatic N) is 3. The molecule has 100 valence electrons. The van der Waals surface area contributed by atoms with Crippen LogP contribution in [0.5, 0.6) is 0 Å². The number of nitrogens with one attached hydrogen (secondary N) is 1. The van der Waals surface area contributed by atoms with Crippen LogP contribution in [0, 0.1) is 5.41 Å².